The number of fused-ring (bicyclic) bond motifs is 1. The van der Waals surface area contributed by atoms with Gasteiger partial charge in [0.2, 0.25) is 0 Å². The van der Waals surface area contributed by atoms with Gasteiger partial charge in [-0.1, -0.05) is 23.7 Å². The van der Waals surface area contributed by atoms with Crippen LogP contribution in [-0.2, 0) is 0 Å². The summed E-state index contributed by atoms with van der Waals surface area (Å²) in [7, 11) is 0. The summed E-state index contributed by atoms with van der Waals surface area (Å²) in [5.74, 6) is 1.84. The Hall–Kier alpha value is -1.65. The van der Waals surface area contributed by atoms with E-state index in [0.29, 0.717) is 29.6 Å². The number of ketones is 1. The molecular weight excluding hydrogens is 308 g/mol. The third kappa shape index (κ3) is 3.34. The van der Waals surface area contributed by atoms with Crippen LogP contribution >= 0.6 is 23.4 Å². The van der Waals surface area contributed by atoms with Crippen LogP contribution in [0.3, 0.4) is 0 Å². The maximum absolute atomic E-state index is 12.2. The molecule has 0 unspecified atom stereocenters. The van der Waals surface area contributed by atoms with Gasteiger partial charge in [-0.3, -0.25) is 4.79 Å². The Bertz CT molecular complexity index is 672. The summed E-state index contributed by atoms with van der Waals surface area (Å²) in [6.07, 6.45) is 0. The second kappa shape index (κ2) is 6.41. The standard InChI is InChI=1S/C16H13ClO3S/c17-13-4-2-1-3-12(13)14(18)10-21-11-5-6-15-16(9-11)20-8-7-19-15/h1-6,9H,7-8,10H2. The molecule has 0 aliphatic carbocycles. The first-order valence-corrected chi connectivity index (χ1v) is 7.90. The first-order valence-electron chi connectivity index (χ1n) is 6.54. The van der Waals surface area contributed by atoms with Gasteiger partial charge in [0.05, 0.1) is 10.8 Å². The molecular formula is C16H13ClO3S. The minimum Gasteiger partial charge on any atom is -0.486 e. The van der Waals surface area contributed by atoms with E-state index in [9.17, 15) is 4.79 Å². The molecule has 5 heteroatoms. The molecule has 0 bridgehead atoms. The Balaban J connectivity index is 1.68. The molecule has 3 rings (SSSR count). The molecule has 1 heterocycles. The predicted molar refractivity (Wildman–Crippen MR) is 83.9 cm³/mol. The van der Waals surface area contributed by atoms with Crippen LogP contribution in [0.25, 0.3) is 0 Å². The Morgan fingerprint density at radius 3 is 2.67 bits per heavy atom. The fourth-order valence-corrected chi connectivity index (χ4v) is 3.08. The fourth-order valence-electron chi connectivity index (χ4n) is 2.03. The third-order valence-electron chi connectivity index (χ3n) is 3.06. The van der Waals surface area contributed by atoms with Crippen molar-refractivity contribution in [3.8, 4) is 11.5 Å². The van der Waals surface area contributed by atoms with Gasteiger partial charge in [0.25, 0.3) is 0 Å². The zero-order valence-corrected chi connectivity index (χ0v) is 12.7. The molecule has 0 N–H and O–H groups in total. The van der Waals surface area contributed by atoms with E-state index in [2.05, 4.69) is 0 Å². The predicted octanol–water partition coefficient (Wildman–Crippen LogP) is 4.09. The summed E-state index contributed by atoms with van der Waals surface area (Å²) >= 11 is 7.49. The van der Waals surface area contributed by atoms with E-state index in [-0.39, 0.29) is 5.78 Å². The van der Waals surface area contributed by atoms with Gasteiger partial charge in [0, 0.05) is 10.5 Å². The van der Waals surface area contributed by atoms with Crippen LogP contribution in [0.4, 0.5) is 0 Å². The molecule has 0 saturated carbocycles. The molecule has 0 fully saturated rings. The average molecular weight is 321 g/mol. The summed E-state index contributed by atoms with van der Waals surface area (Å²) in [5.41, 5.74) is 0.559. The number of carbonyl (C=O) groups is 1. The van der Waals surface area contributed by atoms with Crippen molar-refractivity contribution in [2.75, 3.05) is 19.0 Å². The molecule has 0 amide bonds. The van der Waals surface area contributed by atoms with E-state index >= 15 is 0 Å². The second-order valence-corrected chi connectivity index (χ2v) is 5.95. The topological polar surface area (TPSA) is 35.5 Å². The average Bonchev–Trinajstić information content (AvgIpc) is 2.53. The maximum Gasteiger partial charge on any atom is 0.174 e. The van der Waals surface area contributed by atoms with Crippen molar-refractivity contribution in [1.29, 1.82) is 0 Å². The van der Waals surface area contributed by atoms with E-state index in [1.165, 1.54) is 11.8 Å². The number of hydrogen-bond donors (Lipinski definition) is 0. The summed E-state index contributed by atoms with van der Waals surface area (Å²) in [6.45, 7) is 1.13. The Labute approximate surface area is 132 Å². The molecule has 2 aromatic rings. The van der Waals surface area contributed by atoms with Gasteiger partial charge in [-0.25, -0.2) is 0 Å². The molecule has 0 saturated heterocycles. The molecule has 108 valence electrons. The van der Waals surface area contributed by atoms with Gasteiger partial charge in [0.1, 0.15) is 13.2 Å². The summed E-state index contributed by atoms with van der Waals surface area (Å²) < 4.78 is 11.0. The van der Waals surface area contributed by atoms with Crippen LogP contribution in [0.1, 0.15) is 10.4 Å². The zero-order chi connectivity index (χ0) is 14.7. The van der Waals surface area contributed by atoms with Crippen molar-refractivity contribution in [3.05, 3.63) is 53.1 Å². The van der Waals surface area contributed by atoms with Gasteiger partial charge in [-0.15, -0.1) is 11.8 Å². The molecule has 0 radical (unpaired) electrons. The summed E-state index contributed by atoms with van der Waals surface area (Å²) in [6, 6.07) is 12.8. The van der Waals surface area contributed by atoms with Crippen LogP contribution in [0.15, 0.2) is 47.4 Å². The first kappa shape index (κ1) is 14.3. The summed E-state index contributed by atoms with van der Waals surface area (Å²) in [4.78, 5) is 13.1. The first-order chi connectivity index (χ1) is 10.2. The fraction of sp³-hybridized carbons (Fsp3) is 0.188. The minimum atomic E-state index is 0.0143. The van der Waals surface area contributed by atoms with Crippen molar-refractivity contribution in [3.63, 3.8) is 0 Å². The van der Waals surface area contributed by atoms with E-state index < -0.39 is 0 Å². The highest BCUT2D eigenvalue weighted by atomic mass is 35.5. The third-order valence-corrected chi connectivity index (χ3v) is 4.38. The molecule has 0 atom stereocenters. The van der Waals surface area contributed by atoms with E-state index in [0.717, 1.165) is 16.4 Å². The number of rotatable bonds is 4. The quantitative estimate of drug-likeness (QED) is 0.628. The van der Waals surface area contributed by atoms with Crippen molar-refractivity contribution in [2.45, 2.75) is 4.90 Å². The van der Waals surface area contributed by atoms with Gasteiger partial charge < -0.3 is 9.47 Å². The van der Waals surface area contributed by atoms with Gasteiger partial charge in [-0.2, -0.15) is 0 Å². The van der Waals surface area contributed by atoms with Crippen LogP contribution in [0.2, 0.25) is 5.02 Å². The highest BCUT2D eigenvalue weighted by molar-refractivity contribution is 8.00. The molecule has 1 aliphatic heterocycles. The van der Waals surface area contributed by atoms with Crippen LogP contribution < -0.4 is 9.47 Å². The molecule has 0 aromatic heterocycles. The lowest BCUT2D eigenvalue weighted by Crippen LogP contribution is -2.15. The molecule has 0 spiro atoms. The van der Waals surface area contributed by atoms with E-state index in [1.807, 2.05) is 30.3 Å². The molecule has 2 aromatic carbocycles. The molecule has 1 aliphatic rings. The lowest BCUT2D eigenvalue weighted by atomic mass is 10.1. The smallest absolute Gasteiger partial charge is 0.174 e. The number of hydrogen-bond acceptors (Lipinski definition) is 4. The number of halogens is 1. The normalized spacial score (nSPS) is 13.0. The summed E-state index contributed by atoms with van der Waals surface area (Å²) in [5, 5.41) is 0.491. The van der Waals surface area contributed by atoms with Crippen molar-refractivity contribution in [1.82, 2.24) is 0 Å². The Morgan fingerprint density at radius 2 is 1.86 bits per heavy atom. The molecule has 21 heavy (non-hydrogen) atoms. The number of thioether (sulfide) groups is 1. The van der Waals surface area contributed by atoms with Crippen LogP contribution in [0.5, 0.6) is 11.5 Å². The second-order valence-electron chi connectivity index (χ2n) is 4.50. The zero-order valence-electron chi connectivity index (χ0n) is 11.2. The lowest BCUT2D eigenvalue weighted by Gasteiger charge is -2.18. The monoisotopic (exact) mass is 320 g/mol. The van der Waals surface area contributed by atoms with Crippen LogP contribution in [-0.4, -0.2) is 24.7 Å². The number of benzene rings is 2. The Kier molecular flexibility index (Phi) is 4.36. The van der Waals surface area contributed by atoms with Crippen molar-refractivity contribution < 1.29 is 14.3 Å². The van der Waals surface area contributed by atoms with Gasteiger partial charge in [-0.05, 0) is 30.3 Å². The maximum atomic E-state index is 12.2. The number of carbonyl (C=O) groups excluding carboxylic acids is 1. The van der Waals surface area contributed by atoms with Crippen molar-refractivity contribution >= 4 is 29.1 Å². The largest absolute Gasteiger partial charge is 0.486 e. The highest BCUT2D eigenvalue weighted by Gasteiger charge is 2.14. The lowest BCUT2D eigenvalue weighted by molar-refractivity contribution is 0.102. The van der Waals surface area contributed by atoms with Gasteiger partial charge >= 0.3 is 0 Å². The van der Waals surface area contributed by atoms with Crippen LogP contribution in [0, 0.1) is 0 Å². The molecule has 3 nitrogen and oxygen atoms in total. The Morgan fingerprint density at radius 1 is 1.10 bits per heavy atom. The van der Waals surface area contributed by atoms with Crippen molar-refractivity contribution in [2.24, 2.45) is 0 Å². The van der Waals surface area contributed by atoms with Gasteiger partial charge in [0.15, 0.2) is 17.3 Å². The van der Waals surface area contributed by atoms with E-state index in [1.54, 1.807) is 12.1 Å². The number of Topliss-reactive ketones (excluding diaryl/α,β-unsaturated/α-hetero) is 1. The number of ether oxygens (including phenoxy) is 2. The highest BCUT2D eigenvalue weighted by Crippen LogP contribution is 2.34. The minimum absolute atomic E-state index is 0.0143. The SMILES string of the molecule is O=C(CSc1ccc2c(c1)OCCO2)c1ccccc1Cl. The van der Waals surface area contributed by atoms with E-state index in [4.69, 9.17) is 21.1 Å².